The van der Waals surface area contributed by atoms with E-state index in [1.54, 1.807) is 14.2 Å². The second-order valence-electron chi connectivity index (χ2n) is 7.26. The van der Waals surface area contributed by atoms with Crippen LogP contribution >= 0.6 is 0 Å². The predicted octanol–water partition coefficient (Wildman–Crippen LogP) is 3.84. The van der Waals surface area contributed by atoms with E-state index in [1.165, 1.54) is 11.1 Å². The first-order chi connectivity index (χ1) is 15.7. The van der Waals surface area contributed by atoms with Gasteiger partial charge in [0.25, 0.3) is 0 Å². The van der Waals surface area contributed by atoms with Crippen molar-refractivity contribution in [3.05, 3.63) is 53.6 Å². The molecule has 0 saturated heterocycles. The fourth-order valence-electron chi connectivity index (χ4n) is 3.18. The van der Waals surface area contributed by atoms with Crippen molar-refractivity contribution < 1.29 is 14.2 Å². The topological polar surface area (TPSA) is 76.1 Å². The van der Waals surface area contributed by atoms with E-state index in [-0.39, 0.29) is 0 Å². The van der Waals surface area contributed by atoms with Crippen molar-refractivity contribution in [1.82, 2.24) is 10.6 Å². The second kappa shape index (κ2) is 15.0. The smallest absolute Gasteiger partial charge is 0.191 e. The molecule has 7 heteroatoms. The number of hydrogen-bond donors (Lipinski definition) is 3. The van der Waals surface area contributed by atoms with E-state index in [9.17, 15) is 0 Å². The number of nitrogens with one attached hydrogen (secondary N) is 3. The van der Waals surface area contributed by atoms with Crippen LogP contribution in [0, 0.1) is 0 Å². The standard InChI is InChI=1S/C25H38N4O3/c1-5-26-25(29-19-21-9-12-22(13-10-21)27-16-17-30-3)28-15-7-8-20-11-14-23(31-4)24(18-20)32-6-2/h9-14,18,27H,5-8,15-17,19H2,1-4H3,(H2,26,28,29). The molecule has 0 aromatic heterocycles. The quantitative estimate of drug-likeness (QED) is 0.234. The molecule has 0 radical (unpaired) electrons. The average Bonchev–Trinajstić information content (AvgIpc) is 2.81. The summed E-state index contributed by atoms with van der Waals surface area (Å²) in [6.07, 6.45) is 1.94. The highest BCUT2D eigenvalue weighted by molar-refractivity contribution is 5.79. The first-order valence-corrected chi connectivity index (χ1v) is 11.3. The number of aryl methyl sites for hydroxylation is 1. The first kappa shape index (κ1) is 25.3. The number of ether oxygens (including phenoxy) is 3. The highest BCUT2D eigenvalue weighted by Crippen LogP contribution is 2.28. The molecule has 0 saturated carbocycles. The van der Waals surface area contributed by atoms with Gasteiger partial charge < -0.3 is 30.2 Å². The summed E-state index contributed by atoms with van der Waals surface area (Å²) in [6, 6.07) is 14.5. The van der Waals surface area contributed by atoms with Gasteiger partial charge in [0.2, 0.25) is 0 Å². The van der Waals surface area contributed by atoms with Crippen LogP contribution in [0.5, 0.6) is 11.5 Å². The monoisotopic (exact) mass is 442 g/mol. The molecule has 3 N–H and O–H groups in total. The molecule has 0 unspecified atom stereocenters. The zero-order valence-corrected chi connectivity index (χ0v) is 19.9. The summed E-state index contributed by atoms with van der Waals surface area (Å²) in [5.74, 6) is 2.41. The summed E-state index contributed by atoms with van der Waals surface area (Å²) in [6.45, 7) is 8.45. The van der Waals surface area contributed by atoms with E-state index in [0.29, 0.717) is 19.8 Å². The lowest BCUT2D eigenvalue weighted by atomic mass is 10.1. The van der Waals surface area contributed by atoms with Gasteiger partial charge in [-0.15, -0.1) is 0 Å². The Morgan fingerprint density at radius 1 is 0.906 bits per heavy atom. The average molecular weight is 443 g/mol. The molecular formula is C25H38N4O3. The van der Waals surface area contributed by atoms with Crippen LogP contribution in [0.4, 0.5) is 5.69 Å². The van der Waals surface area contributed by atoms with E-state index < -0.39 is 0 Å². The lowest BCUT2D eigenvalue weighted by Gasteiger charge is -2.13. The Bertz CT molecular complexity index is 809. The summed E-state index contributed by atoms with van der Waals surface area (Å²) in [4.78, 5) is 4.71. The van der Waals surface area contributed by atoms with Gasteiger partial charge in [0.05, 0.1) is 26.9 Å². The van der Waals surface area contributed by atoms with Crippen LogP contribution in [0.3, 0.4) is 0 Å². The van der Waals surface area contributed by atoms with Crippen LogP contribution in [0.15, 0.2) is 47.5 Å². The minimum atomic E-state index is 0.622. The van der Waals surface area contributed by atoms with Gasteiger partial charge in [-0.1, -0.05) is 18.2 Å². The van der Waals surface area contributed by atoms with Crippen molar-refractivity contribution in [3.63, 3.8) is 0 Å². The number of rotatable bonds is 14. The van der Waals surface area contributed by atoms with Crippen molar-refractivity contribution in [1.29, 1.82) is 0 Å². The SMILES string of the molecule is CCNC(=NCc1ccc(NCCOC)cc1)NCCCc1ccc(OC)c(OCC)c1. The molecule has 7 nitrogen and oxygen atoms in total. The Morgan fingerprint density at radius 2 is 1.69 bits per heavy atom. The molecule has 0 atom stereocenters. The zero-order chi connectivity index (χ0) is 23.0. The first-order valence-electron chi connectivity index (χ1n) is 11.3. The molecule has 2 aromatic carbocycles. The molecule has 2 rings (SSSR count). The second-order valence-corrected chi connectivity index (χ2v) is 7.26. The summed E-state index contributed by atoms with van der Waals surface area (Å²) in [7, 11) is 3.37. The van der Waals surface area contributed by atoms with Gasteiger partial charge >= 0.3 is 0 Å². The maximum Gasteiger partial charge on any atom is 0.191 e. The maximum absolute atomic E-state index is 5.67. The fourth-order valence-corrected chi connectivity index (χ4v) is 3.18. The van der Waals surface area contributed by atoms with Crippen LogP contribution < -0.4 is 25.4 Å². The van der Waals surface area contributed by atoms with Crippen molar-refractivity contribution in [2.75, 3.05) is 52.4 Å². The van der Waals surface area contributed by atoms with Crippen LogP contribution in [0.1, 0.15) is 31.4 Å². The number of anilines is 1. The number of methoxy groups -OCH3 is 2. The van der Waals surface area contributed by atoms with E-state index in [4.69, 9.17) is 19.2 Å². The molecule has 0 aliphatic rings. The van der Waals surface area contributed by atoms with Crippen LogP contribution in [0.25, 0.3) is 0 Å². The third kappa shape index (κ3) is 9.06. The van der Waals surface area contributed by atoms with E-state index >= 15 is 0 Å². The highest BCUT2D eigenvalue weighted by Gasteiger charge is 2.05. The molecule has 176 valence electrons. The van der Waals surface area contributed by atoms with Gasteiger partial charge in [-0.25, -0.2) is 4.99 Å². The van der Waals surface area contributed by atoms with E-state index in [0.717, 1.165) is 55.6 Å². The van der Waals surface area contributed by atoms with Gasteiger partial charge in [-0.05, 0) is 62.1 Å². The van der Waals surface area contributed by atoms with Gasteiger partial charge in [-0.3, -0.25) is 0 Å². The molecule has 0 fully saturated rings. The minimum Gasteiger partial charge on any atom is -0.493 e. The predicted molar refractivity (Wildman–Crippen MR) is 132 cm³/mol. The van der Waals surface area contributed by atoms with Crippen LogP contribution in [0.2, 0.25) is 0 Å². The Balaban J connectivity index is 1.81. The third-order valence-electron chi connectivity index (χ3n) is 4.82. The number of nitrogens with zero attached hydrogens (tertiary/aromatic N) is 1. The Kier molecular flexibility index (Phi) is 11.8. The molecule has 32 heavy (non-hydrogen) atoms. The van der Waals surface area contributed by atoms with Crippen LogP contribution in [-0.2, 0) is 17.7 Å². The van der Waals surface area contributed by atoms with Gasteiger partial charge in [0.15, 0.2) is 17.5 Å². The lowest BCUT2D eigenvalue weighted by Crippen LogP contribution is -2.37. The van der Waals surface area contributed by atoms with Crippen molar-refractivity contribution >= 4 is 11.6 Å². The molecular weight excluding hydrogens is 404 g/mol. The molecule has 0 heterocycles. The Labute approximate surface area is 192 Å². The van der Waals surface area contributed by atoms with Gasteiger partial charge in [0, 0.05) is 32.4 Å². The Hall–Kier alpha value is -2.93. The maximum atomic E-state index is 5.67. The number of hydrogen-bond acceptors (Lipinski definition) is 5. The highest BCUT2D eigenvalue weighted by atomic mass is 16.5. The Morgan fingerprint density at radius 3 is 2.38 bits per heavy atom. The van der Waals surface area contributed by atoms with Crippen LogP contribution in [-0.4, -0.2) is 53.0 Å². The van der Waals surface area contributed by atoms with Crippen molar-refractivity contribution in [2.45, 2.75) is 33.2 Å². The summed E-state index contributed by atoms with van der Waals surface area (Å²) < 4.78 is 16.1. The molecule has 0 bridgehead atoms. The molecule has 0 aliphatic heterocycles. The minimum absolute atomic E-state index is 0.622. The fraction of sp³-hybridized carbons (Fsp3) is 0.480. The number of aliphatic imine (C=N–C) groups is 1. The van der Waals surface area contributed by atoms with E-state index in [1.807, 2.05) is 13.0 Å². The summed E-state index contributed by atoms with van der Waals surface area (Å²) in [5.41, 5.74) is 3.49. The number of benzene rings is 2. The van der Waals surface area contributed by atoms with Crippen molar-refractivity contribution in [2.24, 2.45) is 4.99 Å². The largest absolute Gasteiger partial charge is 0.493 e. The number of guanidine groups is 1. The van der Waals surface area contributed by atoms with Crippen molar-refractivity contribution in [3.8, 4) is 11.5 Å². The van der Waals surface area contributed by atoms with Gasteiger partial charge in [0.1, 0.15) is 0 Å². The summed E-state index contributed by atoms with van der Waals surface area (Å²) >= 11 is 0. The normalized spacial score (nSPS) is 11.2. The van der Waals surface area contributed by atoms with Gasteiger partial charge in [-0.2, -0.15) is 0 Å². The lowest BCUT2D eigenvalue weighted by molar-refractivity contribution is 0.211. The molecule has 0 aliphatic carbocycles. The van der Waals surface area contributed by atoms with E-state index in [2.05, 4.69) is 59.3 Å². The molecule has 2 aromatic rings. The zero-order valence-electron chi connectivity index (χ0n) is 19.9. The molecule has 0 amide bonds. The summed E-state index contributed by atoms with van der Waals surface area (Å²) in [5, 5.41) is 10.1. The third-order valence-corrected chi connectivity index (χ3v) is 4.82. The molecule has 0 spiro atoms.